The molecule has 4 rings (SSSR count). The van der Waals surface area contributed by atoms with Gasteiger partial charge >= 0.3 is 0 Å². The lowest BCUT2D eigenvalue weighted by Gasteiger charge is -2.09. The maximum Gasteiger partial charge on any atom is 0.138 e. The lowest BCUT2D eigenvalue weighted by molar-refractivity contribution is 0.628. The Morgan fingerprint density at radius 2 is 1.46 bits per heavy atom. The Bertz CT molecular complexity index is 1080. The van der Waals surface area contributed by atoms with Gasteiger partial charge in [0.15, 0.2) is 0 Å². The molecule has 0 aliphatic heterocycles. The smallest absolute Gasteiger partial charge is 0.138 e. The molecule has 0 fully saturated rings. The lowest BCUT2D eigenvalue weighted by atomic mass is 9.96. The zero-order chi connectivity index (χ0) is 18.1. The molecule has 0 radical (unpaired) electrons. The van der Waals surface area contributed by atoms with Gasteiger partial charge in [0, 0.05) is 10.9 Å². The zero-order valence-corrected chi connectivity index (χ0v) is 14.5. The van der Waals surface area contributed by atoms with Crippen molar-refractivity contribution in [3.8, 4) is 22.3 Å². The van der Waals surface area contributed by atoms with Gasteiger partial charge in [-0.05, 0) is 46.2 Å². The summed E-state index contributed by atoms with van der Waals surface area (Å²) in [5, 5.41) is 1.55. The van der Waals surface area contributed by atoms with Crippen LogP contribution in [0.1, 0.15) is 12.5 Å². The van der Waals surface area contributed by atoms with Crippen LogP contribution in [-0.2, 0) is 6.42 Å². The summed E-state index contributed by atoms with van der Waals surface area (Å²) in [5.74, 6) is -0.470. The summed E-state index contributed by atoms with van der Waals surface area (Å²) in [6.07, 6.45) is 0.931. The Morgan fingerprint density at radius 3 is 2.19 bits per heavy atom. The summed E-state index contributed by atoms with van der Waals surface area (Å²) in [6, 6.07) is 23.7. The average Bonchev–Trinajstić information content (AvgIpc) is 2.68. The second-order valence-corrected chi connectivity index (χ2v) is 6.42. The molecule has 2 heteroatoms. The van der Waals surface area contributed by atoms with Crippen LogP contribution in [0, 0.1) is 11.6 Å². The van der Waals surface area contributed by atoms with E-state index in [4.69, 9.17) is 0 Å². The third-order valence-corrected chi connectivity index (χ3v) is 4.78. The van der Waals surface area contributed by atoms with Crippen LogP contribution in [-0.4, -0.2) is 0 Å². The van der Waals surface area contributed by atoms with Crippen molar-refractivity contribution in [1.29, 1.82) is 0 Å². The van der Waals surface area contributed by atoms with Gasteiger partial charge in [-0.25, -0.2) is 8.78 Å². The van der Waals surface area contributed by atoms with Crippen LogP contribution in [0.2, 0.25) is 0 Å². The van der Waals surface area contributed by atoms with Crippen molar-refractivity contribution in [3.63, 3.8) is 0 Å². The number of hydrogen-bond acceptors (Lipinski definition) is 0. The summed E-state index contributed by atoms with van der Waals surface area (Å²) < 4.78 is 28.4. The lowest BCUT2D eigenvalue weighted by Crippen LogP contribution is -1.89. The van der Waals surface area contributed by atoms with Gasteiger partial charge in [0.2, 0.25) is 0 Å². The van der Waals surface area contributed by atoms with Gasteiger partial charge < -0.3 is 0 Å². The Balaban J connectivity index is 1.74. The third kappa shape index (κ3) is 2.99. The fourth-order valence-electron chi connectivity index (χ4n) is 3.29. The molecule has 128 valence electrons. The SMILES string of the molecule is CCc1ccc2c(F)c(-c3ccc(-c4cccc(F)c4)cc3)ccc2c1. The minimum Gasteiger partial charge on any atom is -0.207 e. The van der Waals surface area contributed by atoms with E-state index >= 15 is 4.39 Å². The van der Waals surface area contributed by atoms with Gasteiger partial charge in [0.25, 0.3) is 0 Å². The highest BCUT2D eigenvalue weighted by Gasteiger charge is 2.10. The van der Waals surface area contributed by atoms with E-state index in [1.807, 2.05) is 60.7 Å². The highest BCUT2D eigenvalue weighted by Crippen LogP contribution is 2.31. The molecule has 0 saturated carbocycles. The van der Waals surface area contributed by atoms with E-state index in [-0.39, 0.29) is 11.6 Å². The summed E-state index contributed by atoms with van der Waals surface area (Å²) >= 11 is 0. The highest BCUT2D eigenvalue weighted by molar-refractivity contribution is 5.89. The van der Waals surface area contributed by atoms with Gasteiger partial charge in [-0.3, -0.25) is 0 Å². The fraction of sp³-hybridized carbons (Fsp3) is 0.0833. The molecule has 4 aromatic carbocycles. The largest absolute Gasteiger partial charge is 0.207 e. The standard InChI is InChI=1S/C24H18F2/c1-2-16-6-12-23-20(14-16)11-13-22(24(23)26)18-9-7-17(8-10-18)19-4-3-5-21(25)15-19/h3-15H,2H2,1H3. The predicted molar refractivity (Wildman–Crippen MR) is 104 cm³/mol. The summed E-state index contributed by atoms with van der Waals surface area (Å²) in [4.78, 5) is 0. The first-order valence-corrected chi connectivity index (χ1v) is 8.73. The number of rotatable bonds is 3. The van der Waals surface area contributed by atoms with Crippen LogP contribution < -0.4 is 0 Å². The van der Waals surface area contributed by atoms with E-state index in [2.05, 4.69) is 6.92 Å². The zero-order valence-electron chi connectivity index (χ0n) is 14.5. The number of aryl methyl sites for hydroxylation is 1. The molecule has 0 N–H and O–H groups in total. The molecule has 4 aromatic rings. The molecule has 0 bridgehead atoms. The van der Waals surface area contributed by atoms with Crippen LogP contribution >= 0.6 is 0 Å². The summed E-state index contributed by atoms with van der Waals surface area (Å²) in [5.41, 5.74) is 4.30. The number of benzene rings is 4. The van der Waals surface area contributed by atoms with Crippen LogP contribution in [0.15, 0.2) is 78.9 Å². The van der Waals surface area contributed by atoms with Crippen molar-refractivity contribution in [2.75, 3.05) is 0 Å². The van der Waals surface area contributed by atoms with Gasteiger partial charge in [0.05, 0.1) is 0 Å². The van der Waals surface area contributed by atoms with Crippen molar-refractivity contribution >= 4 is 10.8 Å². The van der Waals surface area contributed by atoms with E-state index in [9.17, 15) is 4.39 Å². The summed E-state index contributed by atoms with van der Waals surface area (Å²) in [7, 11) is 0. The van der Waals surface area contributed by atoms with Crippen molar-refractivity contribution in [1.82, 2.24) is 0 Å². The first kappa shape index (κ1) is 16.5. The normalized spacial score (nSPS) is 11.0. The Labute approximate surface area is 151 Å². The average molecular weight is 344 g/mol. The first-order chi connectivity index (χ1) is 12.7. The molecular formula is C24H18F2. The van der Waals surface area contributed by atoms with Crippen LogP contribution in [0.5, 0.6) is 0 Å². The van der Waals surface area contributed by atoms with Gasteiger partial charge in [0.1, 0.15) is 11.6 Å². The second-order valence-electron chi connectivity index (χ2n) is 6.42. The quantitative estimate of drug-likeness (QED) is 0.375. The van der Waals surface area contributed by atoms with Crippen LogP contribution in [0.4, 0.5) is 8.78 Å². The minimum absolute atomic E-state index is 0.205. The molecule has 0 amide bonds. The molecule has 0 spiro atoms. The second kappa shape index (κ2) is 6.72. The minimum atomic E-state index is -0.265. The Hall–Kier alpha value is -3.00. The van der Waals surface area contributed by atoms with E-state index in [1.165, 1.54) is 17.7 Å². The molecule has 0 unspecified atom stereocenters. The van der Waals surface area contributed by atoms with Crippen molar-refractivity contribution in [3.05, 3.63) is 96.1 Å². The third-order valence-electron chi connectivity index (χ3n) is 4.78. The number of fused-ring (bicyclic) bond motifs is 1. The maximum absolute atomic E-state index is 15.0. The van der Waals surface area contributed by atoms with Crippen molar-refractivity contribution < 1.29 is 8.78 Å². The molecular weight excluding hydrogens is 326 g/mol. The predicted octanol–water partition coefficient (Wildman–Crippen LogP) is 7.01. The van der Waals surface area contributed by atoms with Gasteiger partial charge in [-0.2, -0.15) is 0 Å². The van der Waals surface area contributed by atoms with Crippen LogP contribution in [0.3, 0.4) is 0 Å². The topological polar surface area (TPSA) is 0 Å². The Kier molecular flexibility index (Phi) is 4.26. The molecule has 0 aliphatic rings. The molecule has 0 nitrogen and oxygen atoms in total. The number of halogens is 2. The molecule has 0 aromatic heterocycles. The van der Waals surface area contributed by atoms with Crippen LogP contribution in [0.25, 0.3) is 33.0 Å². The summed E-state index contributed by atoms with van der Waals surface area (Å²) in [6.45, 7) is 2.09. The highest BCUT2D eigenvalue weighted by atomic mass is 19.1. The van der Waals surface area contributed by atoms with E-state index in [1.54, 1.807) is 6.07 Å². The molecule has 0 atom stereocenters. The van der Waals surface area contributed by atoms with E-state index in [0.29, 0.717) is 10.9 Å². The molecule has 0 saturated heterocycles. The molecule has 0 heterocycles. The fourth-order valence-corrected chi connectivity index (χ4v) is 3.29. The maximum atomic E-state index is 15.0. The molecule has 26 heavy (non-hydrogen) atoms. The Morgan fingerprint density at radius 1 is 0.692 bits per heavy atom. The van der Waals surface area contributed by atoms with E-state index in [0.717, 1.165) is 28.5 Å². The van der Waals surface area contributed by atoms with Crippen molar-refractivity contribution in [2.45, 2.75) is 13.3 Å². The van der Waals surface area contributed by atoms with Crippen molar-refractivity contribution in [2.24, 2.45) is 0 Å². The molecule has 0 aliphatic carbocycles. The van der Waals surface area contributed by atoms with Gasteiger partial charge in [-0.1, -0.05) is 73.7 Å². The number of hydrogen-bond donors (Lipinski definition) is 0. The van der Waals surface area contributed by atoms with E-state index < -0.39 is 0 Å². The monoisotopic (exact) mass is 344 g/mol. The first-order valence-electron chi connectivity index (χ1n) is 8.73. The van der Waals surface area contributed by atoms with Gasteiger partial charge in [-0.15, -0.1) is 0 Å².